The molecule has 2 rings (SSSR count). The van der Waals surface area contributed by atoms with Gasteiger partial charge in [0, 0.05) is 31.2 Å². The second-order valence-corrected chi connectivity index (χ2v) is 5.51. The van der Waals surface area contributed by atoms with Gasteiger partial charge in [-0.3, -0.25) is 4.98 Å². The van der Waals surface area contributed by atoms with Crippen molar-refractivity contribution in [3.8, 4) is 0 Å². The zero-order valence-electron chi connectivity index (χ0n) is 11.9. The maximum absolute atomic E-state index is 12.9. The van der Waals surface area contributed by atoms with Crippen molar-refractivity contribution in [1.82, 2.24) is 10.3 Å². The molecule has 1 unspecified atom stereocenters. The third-order valence-corrected chi connectivity index (χ3v) is 4.13. The summed E-state index contributed by atoms with van der Waals surface area (Å²) >= 11 is 0. The lowest BCUT2D eigenvalue weighted by molar-refractivity contribution is -0.0166. The van der Waals surface area contributed by atoms with Crippen LogP contribution >= 0.6 is 0 Å². The minimum absolute atomic E-state index is 0.0851. The van der Waals surface area contributed by atoms with Crippen LogP contribution in [-0.4, -0.2) is 36.5 Å². The molecular formula is C15H23FN2O2. The highest BCUT2D eigenvalue weighted by molar-refractivity contribution is 5.10. The number of ether oxygens (including phenoxy) is 1. The van der Waals surface area contributed by atoms with E-state index in [1.165, 1.54) is 12.3 Å². The van der Waals surface area contributed by atoms with E-state index in [4.69, 9.17) is 4.74 Å². The average molecular weight is 282 g/mol. The lowest BCUT2D eigenvalue weighted by Gasteiger charge is -2.36. The Labute approximate surface area is 119 Å². The molecule has 0 aromatic carbocycles. The van der Waals surface area contributed by atoms with Crippen molar-refractivity contribution in [2.24, 2.45) is 5.41 Å². The highest BCUT2D eigenvalue weighted by atomic mass is 19.1. The van der Waals surface area contributed by atoms with Crippen molar-refractivity contribution >= 4 is 0 Å². The van der Waals surface area contributed by atoms with Gasteiger partial charge in [0.2, 0.25) is 0 Å². The molecule has 2 N–H and O–H groups in total. The van der Waals surface area contributed by atoms with Crippen LogP contribution in [0.25, 0.3) is 0 Å². The van der Waals surface area contributed by atoms with Gasteiger partial charge in [0.25, 0.3) is 0 Å². The Hall–Kier alpha value is -1.04. The van der Waals surface area contributed by atoms with E-state index in [9.17, 15) is 9.50 Å². The minimum Gasteiger partial charge on any atom is -0.396 e. The van der Waals surface area contributed by atoms with Gasteiger partial charge in [0.1, 0.15) is 5.82 Å². The standard InChI is InChI=1S/C15H23FN2O2/c1-2-13(14-4-3-12(16)9-17-14)18-10-15(11-19)5-7-20-8-6-15/h3-4,9,13,18-19H,2,5-8,10-11H2,1H3. The van der Waals surface area contributed by atoms with E-state index in [0.29, 0.717) is 13.2 Å². The smallest absolute Gasteiger partial charge is 0.141 e. The van der Waals surface area contributed by atoms with Gasteiger partial charge < -0.3 is 15.2 Å². The molecule has 1 aromatic heterocycles. The Morgan fingerprint density at radius 3 is 2.75 bits per heavy atom. The molecule has 0 bridgehead atoms. The molecule has 0 amide bonds. The first-order valence-corrected chi connectivity index (χ1v) is 7.22. The number of nitrogens with one attached hydrogen (secondary N) is 1. The Kier molecular flexibility index (Phi) is 5.46. The fourth-order valence-electron chi connectivity index (χ4n) is 2.59. The second kappa shape index (κ2) is 7.11. The number of nitrogens with zero attached hydrogens (tertiary/aromatic N) is 1. The molecule has 1 aromatic rings. The van der Waals surface area contributed by atoms with Crippen LogP contribution in [0, 0.1) is 11.2 Å². The summed E-state index contributed by atoms with van der Waals surface area (Å²) in [4.78, 5) is 4.14. The summed E-state index contributed by atoms with van der Waals surface area (Å²) in [6.45, 7) is 4.36. The highest BCUT2D eigenvalue weighted by Gasteiger charge is 2.32. The lowest BCUT2D eigenvalue weighted by Crippen LogP contribution is -2.43. The molecular weight excluding hydrogens is 259 g/mol. The molecule has 1 saturated heterocycles. The molecule has 0 aliphatic carbocycles. The topological polar surface area (TPSA) is 54.4 Å². The third-order valence-electron chi connectivity index (χ3n) is 4.13. The zero-order valence-corrected chi connectivity index (χ0v) is 11.9. The number of hydrogen-bond donors (Lipinski definition) is 2. The number of rotatable bonds is 6. The van der Waals surface area contributed by atoms with Crippen molar-refractivity contribution in [3.05, 3.63) is 29.8 Å². The number of aliphatic hydroxyl groups excluding tert-OH is 1. The highest BCUT2D eigenvalue weighted by Crippen LogP contribution is 2.30. The molecule has 1 fully saturated rings. The van der Waals surface area contributed by atoms with Crippen molar-refractivity contribution in [2.75, 3.05) is 26.4 Å². The van der Waals surface area contributed by atoms with Crippen LogP contribution in [0.2, 0.25) is 0 Å². The zero-order chi connectivity index (χ0) is 14.4. The van der Waals surface area contributed by atoms with Gasteiger partial charge in [-0.1, -0.05) is 6.92 Å². The largest absolute Gasteiger partial charge is 0.396 e. The van der Waals surface area contributed by atoms with Crippen molar-refractivity contribution < 1.29 is 14.2 Å². The van der Waals surface area contributed by atoms with Crippen molar-refractivity contribution in [1.29, 1.82) is 0 Å². The van der Waals surface area contributed by atoms with E-state index in [-0.39, 0.29) is 23.9 Å². The molecule has 112 valence electrons. The lowest BCUT2D eigenvalue weighted by atomic mass is 9.80. The Balaban J connectivity index is 1.97. The Morgan fingerprint density at radius 1 is 1.45 bits per heavy atom. The maximum atomic E-state index is 12.9. The van der Waals surface area contributed by atoms with Crippen LogP contribution in [0.3, 0.4) is 0 Å². The predicted molar refractivity (Wildman–Crippen MR) is 74.8 cm³/mol. The number of halogens is 1. The molecule has 0 saturated carbocycles. The van der Waals surface area contributed by atoms with E-state index in [1.54, 1.807) is 6.07 Å². The van der Waals surface area contributed by atoms with Gasteiger partial charge >= 0.3 is 0 Å². The number of hydrogen-bond acceptors (Lipinski definition) is 4. The molecule has 1 aliphatic heterocycles. The fraction of sp³-hybridized carbons (Fsp3) is 0.667. The van der Waals surface area contributed by atoms with Gasteiger partial charge in [0.15, 0.2) is 0 Å². The van der Waals surface area contributed by atoms with Gasteiger partial charge in [-0.25, -0.2) is 4.39 Å². The molecule has 20 heavy (non-hydrogen) atoms. The van der Waals surface area contributed by atoms with E-state index < -0.39 is 0 Å². The van der Waals surface area contributed by atoms with Crippen molar-refractivity contribution in [3.63, 3.8) is 0 Å². The van der Waals surface area contributed by atoms with E-state index in [0.717, 1.165) is 31.5 Å². The first-order valence-electron chi connectivity index (χ1n) is 7.22. The fourth-order valence-corrected chi connectivity index (χ4v) is 2.59. The van der Waals surface area contributed by atoms with Gasteiger partial charge in [-0.15, -0.1) is 0 Å². The summed E-state index contributed by atoms with van der Waals surface area (Å²) in [5.41, 5.74) is 0.736. The quantitative estimate of drug-likeness (QED) is 0.838. The number of aromatic nitrogens is 1. The van der Waals surface area contributed by atoms with E-state index in [2.05, 4.69) is 17.2 Å². The molecule has 2 heterocycles. The summed E-state index contributed by atoms with van der Waals surface area (Å²) in [6, 6.07) is 3.23. The molecule has 5 heteroatoms. The first-order chi connectivity index (χ1) is 9.69. The average Bonchev–Trinajstić information content (AvgIpc) is 2.50. The van der Waals surface area contributed by atoms with E-state index >= 15 is 0 Å². The van der Waals surface area contributed by atoms with Crippen LogP contribution in [0.4, 0.5) is 4.39 Å². The number of aliphatic hydroxyl groups is 1. The van der Waals surface area contributed by atoms with Gasteiger partial charge in [-0.05, 0) is 31.4 Å². The van der Waals surface area contributed by atoms with Crippen LogP contribution in [0.1, 0.15) is 37.9 Å². The summed E-state index contributed by atoms with van der Waals surface area (Å²) in [5.74, 6) is -0.320. The Morgan fingerprint density at radius 2 is 2.20 bits per heavy atom. The van der Waals surface area contributed by atoms with E-state index in [1.807, 2.05) is 0 Å². The van der Waals surface area contributed by atoms with Gasteiger partial charge in [0.05, 0.1) is 18.5 Å². The number of pyridine rings is 1. The molecule has 4 nitrogen and oxygen atoms in total. The molecule has 0 spiro atoms. The predicted octanol–water partition coefficient (Wildman–Crippen LogP) is 2.05. The van der Waals surface area contributed by atoms with Crippen LogP contribution < -0.4 is 5.32 Å². The Bertz CT molecular complexity index is 405. The minimum atomic E-state index is -0.320. The summed E-state index contributed by atoms with van der Waals surface area (Å²) in [6.07, 6.45) is 3.85. The maximum Gasteiger partial charge on any atom is 0.141 e. The second-order valence-electron chi connectivity index (χ2n) is 5.51. The normalized spacial score (nSPS) is 19.8. The SMILES string of the molecule is CCC(NCC1(CO)CCOCC1)c1ccc(F)cn1. The third kappa shape index (κ3) is 3.75. The van der Waals surface area contributed by atoms with Crippen LogP contribution in [-0.2, 0) is 4.74 Å². The summed E-state index contributed by atoms with van der Waals surface area (Å²) in [5, 5.41) is 13.1. The van der Waals surface area contributed by atoms with Crippen LogP contribution in [0.15, 0.2) is 18.3 Å². The van der Waals surface area contributed by atoms with Crippen LogP contribution in [0.5, 0.6) is 0 Å². The summed E-state index contributed by atoms with van der Waals surface area (Å²) < 4.78 is 18.3. The monoisotopic (exact) mass is 282 g/mol. The molecule has 0 radical (unpaired) electrons. The molecule has 1 aliphatic rings. The molecule has 1 atom stereocenters. The van der Waals surface area contributed by atoms with Crippen molar-refractivity contribution in [2.45, 2.75) is 32.2 Å². The van der Waals surface area contributed by atoms with Gasteiger partial charge in [-0.2, -0.15) is 0 Å². The first kappa shape index (κ1) is 15.4. The summed E-state index contributed by atoms with van der Waals surface area (Å²) in [7, 11) is 0.